The SMILES string of the molecule is Cc1ccc(-c2nc(NCc3ccccc3Cl)n(S(=O)(=O)c3ccc(Cl)cc3)n2)cc1. The molecule has 0 spiro atoms. The molecule has 0 radical (unpaired) electrons. The predicted octanol–water partition coefficient (Wildman–Crippen LogP) is 5.41. The van der Waals surface area contributed by atoms with Crippen LogP contribution in [-0.4, -0.2) is 22.6 Å². The molecule has 0 amide bonds. The molecule has 31 heavy (non-hydrogen) atoms. The van der Waals surface area contributed by atoms with Crippen LogP contribution in [0.4, 0.5) is 5.95 Å². The van der Waals surface area contributed by atoms with Crippen LogP contribution < -0.4 is 5.32 Å². The van der Waals surface area contributed by atoms with Gasteiger partial charge in [-0.25, -0.2) is 0 Å². The summed E-state index contributed by atoms with van der Waals surface area (Å²) in [6.45, 7) is 2.25. The van der Waals surface area contributed by atoms with Crippen LogP contribution in [0.3, 0.4) is 0 Å². The molecule has 0 fully saturated rings. The number of hydrogen-bond acceptors (Lipinski definition) is 5. The Bertz CT molecular complexity index is 1320. The molecule has 9 heteroatoms. The van der Waals surface area contributed by atoms with Crippen LogP contribution in [0.25, 0.3) is 11.4 Å². The fourth-order valence-electron chi connectivity index (χ4n) is 2.92. The molecule has 0 unspecified atom stereocenters. The van der Waals surface area contributed by atoms with Crippen LogP contribution in [0.1, 0.15) is 11.1 Å². The summed E-state index contributed by atoms with van der Waals surface area (Å²) in [7, 11) is -4.01. The average Bonchev–Trinajstić information content (AvgIpc) is 3.19. The summed E-state index contributed by atoms with van der Waals surface area (Å²) in [4.78, 5) is 4.51. The maximum absolute atomic E-state index is 13.3. The van der Waals surface area contributed by atoms with Crippen molar-refractivity contribution < 1.29 is 8.42 Å². The maximum atomic E-state index is 13.3. The highest BCUT2D eigenvalue weighted by Gasteiger charge is 2.24. The highest BCUT2D eigenvalue weighted by Crippen LogP contribution is 2.25. The first-order chi connectivity index (χ1) is 14.8. The largest absolute Gasteiger partial charge is 0.349 e. The van der Waals surface area contributed by atoms with Crippen LogP contribution >= 0.6 is 23.2 Å². The van der Waals surface area contributed by atoms with Crippen molar-refractivity contribution in [2.45, 2.75) is 18.4 Å². The molecule has 4 aromatic rings. The van der Waals surface area contributed by atoms with Gasteiger partial charge in [0.05, 0.1) is 4.90 Å². The second-order valence-electron chi connectivity index (χ2n) is 6.87. The standard InChI is InChI=1S/C22H18Cl2N4O2S/c1-15-6-8-16(9-7-15)21-26-22(25-14-17-4-2-3-5-20(17)24)28(27-21)31(29,30)19-12-10-18(23)11-13-19/h2-13H,14H2,1H3,(H,25,26,27). The zero-order valence-electron chi connectivity index (χ0n) is 16.5. The average molecular weight is 473 g/mol. The summed E-state index contributed by atoms with van der Waals surface area (Å²) in [5.41, 5.74) is 2.59. The summed E-state index contributed by atoms with van der Waals surface area (Å²) < 4.78 is 27.5. The normalized spacial score (nSPS) is 11.5. The Kier molecular flexibility index (Phi) is 6.00. The fraction of sp³-hybridized carbons (Fsp3) is 0.0909. The summed E-state index contributed by atoms with van der Waals surface area (Å²) in [6, 6.07) is 20.7. The van der Waals surface area contributed by atoms with Gasteiger partial charge in [0.2, 0.25) is 5.95 Å². The van der Waals surface area contributed by atoms with Gasteiger partial charge in [0.15, 0.2) is 5.82 Å². The molecule has 0 aliphatic rings. The van der Waals surface area contributed by atoms with Crippen LogP contribution in [0.5, 0.6) is 0 Å². The third kappa shape index (κ3) is 4.58. The van der Waals surface area contributed by atoms with Crippen molar-refractivity contribution in [1.29, 1.82) is 0 Å². The quantitative estimate of drug-likeness (QED) is 0.405. The maximum Gasteiger partial charge on any atom is 0.286 e. The van der Waals surface area contributed by atoms with Crippen molar-refractivity contribution in [1.82, 2.24) is 14.2 Å². The lowest BCUT2D eigenvalue weighted by Crippen LogP contribution is -2.18. The van der Waals surface area contributed by atoms with Crippen LogP contribution in [-0.2, 0) is 16.6 Å². The highest BCUT2D eigenvalue weighted by atomic mass is 35.5. The van der Waals surface area contributed by atoms with Crippen molar-refractivity contribution in [3.8, 4) is 11.4 Å². The monoisotopic (exact) mass is 472 g/mol. The van der Waals surface area contributed by atoms with Gasteiger partial charge in [-0.3, -0.25) is 0 Å². The van der Waals surface area contributed by atoms with Gasteiger partial charge in [0.1, 0.15) is 0 Å². The van der Waals surface area contributed by atoms with Gasteiger partial charge in [-0.05, 0) is 42.8 Å². The number of nitrogens with zero attached hydrogens (tertiary/aromatic N) is 3. The minimum Gasteiger partial charge on any atom is -0.349 e. The predicted molar refractivity (Wildman–Crippen MR) is 123 cm³/mol. The molecule has 0 aliphatic heterocycles. The molecule has 0 atom stereocenters. The zero-order chi connectivity index (χ0) is 22.0. The van der Waals surface area contributed by atoms with Crippen molar-refractivity contribution in [3.63, 3.8) is 0 Å². The third-order valence-electron chi connectivity index (χ3n) is 4.62. The van der Waals surface area contributed by atoms with Gasteiger partial charge in [-0.15, -0.1) is 9.19 Å². The van der Waals surface area contributed by atoms with Crippen LogP contribution in [0.2, 0.25) is 10.0 Å². The van der Waals surface area contributed by atoms with Gasteiger partial charge >= 0.3 is 0 Å². The molecule has 4 rings (SSSR count). The molecule has 0 bridgehead atoms. The van der Waals surface area contributed by atoms with E-state index in [9.17, 15) is 8.42 Å². The molecule has 0 saturated carbocycles. The Hall–Kier alpha value is -2.87. The highest BCUT2D eigenvalue weighted by molar-refractivity contribution is 7.90. The number of halogens is 2. The molecule has 1 heterocycles. The number of aryl methyl sites for hydroxylation is 1. The molecule has 6 nitrogen and oxygen atoms in total. The smallest absolute Gasteiger partial charge is 0.286 e. The van der Waals surface area contributed by atoms with E-state index in [4.69, 9.17) is 23.2 Å². The summed E-state index contributed by atoms with van der Waals surface area (Å²) in [6.07, 6.45) is 0. The molecule has 1 aromatic heterocycles. The third-order valence-corrected chi connectivity index (χ3v) is 6.82. The Balaban J connectivity index is 1.77. The number of rotatable bonds is 6. The molecule has 3 aromatic carbocycles. The van der Waals surface area contributed by atoms with E-state index >= 15 is 0 Å². The number of benzene rings is 3. The first-order valence-electron chi connectivity index (χ1n) is 9.37. The van der Waals surface area contributed by atoms with Gasteiger partial charge in [-0.2, -0.15) is 13.4 Å². The molecule has 0 saturated heterocycles. The molecular formula is C22H18Cl2N4O2S. The number of hydrogen-bond donors (Lipinski definition) is 1. The van der Waals surface area contributed by atoms with Crippen LogP contribution in [0.15, 0.2) is 77.7 Å². The Labute approximate surface area is 190 Å². The topological polar surface area (TPSA) is 76.9 Å². The molecule has 0 aliphatic carbocycles. The van der Waals surface area contributed by atoms with Crippen molar-refractivity contribution in [2.24, 2.45) is 0 Å². The first kappa shape index (κ1) is 21.4. The van der Waals surface area contributed by atoms with E-state index in [2.05, 4.69) is 15.4 Å². The van der Waals surface area contributed by atoms with Gasteiger partial charge in [-0.1, -0.05) is 71.2 Å². The summed E-state index contributed by atoms with van der Waals surface area (Å²) >= 11 is 12.1. The molecule has 158 valence electrons. The van der Waals surface area contributed by atoms with Gasteiger partial charge in [0, 0.05) is 22.2 Å². The molecule has 1 N–H and O–H groups in total. The van der Waals surface area contributed by atoms with E-state index in [0.717, 1.165) is 15.2 Å². The second kappa shape index (κ2) is 8.70. The van der Waals surface area contributed by atoms with Gasteiger partial charge < -0.3 is 5.32 Å². The minimum absolute atomic E-state index is 0.0537. The van der Waals surface area contributed by atoms with Crippen molar-refractivity contribution in [3.05, 3.63) is 94.0 Å². The van der Waals surface area contributed by atoms with Crippen molar-refractivity contribution in [2.75, 3.05) is 5.32 Å². The first-order valence-corrected chi connectivity index (χ1v) is 11.6. The lowest BCUT2D eigenvalue weighted by molar-refractivity contribution is 0.580. The van der Waals surface area contributed by atoms with E-state index in [1.807, 2.05) is 49.4 Å². The Morgan fingerprint density at radius 2 is 1.61 bits per heavy atom. The zero-order valence-corrected chi connectivity index (χ0v) is 18.8. The Morgan fingerprint density at radius 1 is 0.935 bits per heavy atom. The fourth-order valence-corrected chi connectivity index (χ4v) is 4.45. The molecular weight excluding hydrogens is 455 g/mol. The van der Waals surface area contributed by atoms with Crippen LogP contribution in [0, 0.1) is 6.92 Å². The number of anilines is 1. The summed E-state index contributed by atoms with van der Waals surface area (Å²) in [5.74, 6) is 0.379. The van der Waals surface area contributed by atoms with E-state index in [1.165, 1.54) is 24.3 Å². The Morgan fingerprint density at radius 3 is 2.29 bits per heavy atom. The van der Waals surface area contributed by atoms with Gasteiger partial charge in [0.25, 0.3) is 10.0 Å². The lowest BCUT2D eigenvalue weighted by atomic mass is 10.1. The van der Waals surface area contributed by atoms with E-state index < -0.39 is 10.0 Å². The van der Waals surface area contributed by atoms with Crippen molar-refractivity contribution >= 4 is 39.2 Å². The minimum atomic E-state index is -4.01. The summed E-state index contributed by atoms with van der Waals surface area (Å²) in [5, 5.41) is 8.37. The lowest BCUT2D eigenvalue weighted by Gasteiger charge is -2.10. The second-order valence-corrected chi connectivity index (χ2v) is 9.48. The number of nitrogens with one attached hydrogen (secondary N) is 1. The van der Waals surface area contributed by atoms with E-state index in [0.29, 0.717) is 21.4 Å². The number of aromatic nitrogens is 3. The van der Waals surface area contributed by atoms with E-state index in [1.54, 1.807) is 6.07 Å². The van der Waals surface area contributed by atoms with E-state index in [-0.39, 0.29) is 17.4 Å².